The third-order valence-electron chi connectivity index (χ3n) is 3.71. The monoisotopic (exact) mass is 345 g/mol. The van der Waals surface area contributed by atoms with Crippen molar-refractivity contribution in [2.24, 2.45) is 10.1 Å². The summed E-state index contributed by atoms with van der Waals surface area (Å²) in [4.78, 5) is 5.56. The molecule has 2 aromatic rings. The third-order valence-corrected chi connectivity index (χ3v) is 4.80. The summed E-state index contributed by atoms with van der Waals surface area (Å²) in [5.41, 5.74) is 4.40. The molecule has 23 heavy (non-hydrogen) atoms. The maximum absolute atomic E-state index is 6.15. The highest BCUT2D eigenvalue weighted by atomic mass is 35.5. The van der Waals surface area contributed by atoms with Crippen molar-refractivity contribution in [2.45, 2.75) is 32.6 Å². The number of halogens is 1. The second kappa shape index (κ2) is 7.28. The number of thiazole rings is 1. The van der Waals surface area contributed by atoms with Crippen molar-refractivity contribution in [3.63, 3.8) is 0 Å². The van der Waals surface area contributed by atoms with Gasteiger partial charge in [-0.3, -0.25) is 4.99 Å². The molecule has 1 saturated carbocycles. The van der Waals surface area contributed by atoms with Gasteiger partial charge in [0, 0.05) is 21.7 Å². The fraction of sp³-hybridized carbons (Fsp3) is 0.333. The quantitative estimate of drug-likeness (QED) is 0.688. The Kier molecular flexibility index (Phi) is 5.13. The molecule has 0 radical (unpaired) electrons. The van der Waals surface area contributed by atoms with Crippen LogP contribution in [0.4, 0.5) is 0 Å². The first-order chi connectivity index (χ1) is 11.1. The van der Waals surface area contributed by atoms with Gasteiger partial charge in [-0.25, -0.2) is 4.68 Å². The van der Waals surface area contributed by atoms with E-state index in [1.54, 1.807) is 11.3 Å². The van der Waals surface area contributed by atoms with Gasteiger partial charge in [0.1, 0.15) is 0 Å². The van der Waals surface area contributed by atoms with Crippen molar-refractivity contribution in [1.29, 1.82) is 0 Å². The molecule has 0 saturated heterocycles. The van der Waals surface area contributed by atoms with Gasteiger partial charge in [-0.1, -0.05) is 35.9 Å². The van der Waals surface area contributed by atoms with Gasteiger partial charge in [0.15, 0.2) is 0 Å². The Morgan fingerprint density at radius 1 is 1.35 bits per heavy atom. The van der Waals surface area contributed by atoms with Crippen molar-refractivity contribution >= 4 is 28.6 Å². The molecule has 1 aliphatic carbocycles. The number of rotatable bonds is 4. The molecule has 0 amide bonds. The molecule has 0 unspecified atom stereocenters. The standard InChI is InChI=1S/C18H20ClN3S/c1-13(2)11-20-18-22(21-16-8-3-4-9-16)17(12-23-18)14-6-5-7-15(19)10-14/h5-7,10,12H,1,3-4,8-9,11H2,2H3. The smallest absolute Gasteiger partial charge is 0.206 e. The Morgan fingerprint density at radius 2 is 2.13 bits per heavy atom. The first-order valence-corrected chi connectivity index (χ1v) is 9.07. The van der Waals surface area contributed by atoms with E-state index in [2.05, 4.69) is 23.0 Å². The second-order valence-electron chi connectivity index (χ2n) is 5.87. The van der Waals surface area contributed by atoms with Gasteiger partial charge in [0.05, 0.1) is 12.2 Å². The third kappa shape index (κ3) is 4.01. The number of hydrogen-bond acceptors (Lipinski definition) is 3. The molecule has 0 N–H and O–H groups in total. The maximum atomic E-state index is 6.15. The van der Waals surface area contributed by atoms with E-state index in [0.717, 1.165) is 39.5 Å². The van der Waals surface area contributed by atoms with Crippen LogP contribution in [0.15, 0.2) is 51.9 Å². The van der Waals surface area contributed by atoms with Crippen LogP contribution in [-0.4, -0.2) is 16.9 Å². The molecule has 5 heteroatoms. The summed E-state index contributed by atoms with van der Waals surface area (Å²) in [6.45, 7) is 6.54. The first kappa shape index (κ1) is 16.2. The van der Waals surface area contributed by atoms with Crippen LogP contribution in [0, 0.1) is 0 Å². The Morgan fingerprint density at radius 3 is 2.83 bits per heavy atom. The number of aromatic nitrogens is 1. The lowest BCUT2D eigenvalue weighted by atomic mass is 10.2. The van der Waals surface area contributed by atoms with E-state index in [4.69, 9.17) is 16.7 Å². The van der Waals surface area contributed by atoms with Crippen LogP contribution in [0.1, 0.15) is 32.6 Å². The minimum Gasteiger partial charge on any atom is -0.253 e. The summed E-state index contributed by atoms with van der Waals surface area (Å²) in [6.07, 6.45) is 4.62. The van der Waals surface area contributed by atoms with Crippen LogP contribution in [-0.2, 0) is 0 Å². The summed E-state index contributed by atoms with van der Waals surface area (Å²) < 4.78 is 1.97. The highest BCUT2D eigenvalue weighted by Gasteiger charge is 2.12. The molecular weight excluding hydrogens is 326 g/mol. The molecule has 1 aliphatic rings. The highest BCUT2D eigenvalue weighted by Crippen LogP contribution is 2.24. The Labute approximate surface area is 145 Å². The van der Waals surface area contributed by atoms with Gasteiger partial charge in [-0.05, 0) is 44.7 Å². The van der Waals surface area contributed by atoms with Crippen molar-refractivity contribution < 1.29 is 0 Å². The summed E-state index contributed by atoms with van der Waals surface area (Å²) >= 11 is 7.76. The largest absolute Gasteiger partial charge is 0.253 e. The van der Waals surface area contributed by atoms with Gasteiger partial charge in [-0.2, -0.15) is 5.10 Å². The van der Waals surface area contributed by atoms with Crippen molar-refractivity contribution in [3.8, 4) is 11.3 Å². The molecule has 0 atom stereocenters. The van der Waals surface area contributed by atoms with Crippen molar-refractivity contribution in [2.75, 3.05) is 6.54 Å². The fourth-order valence-corrected chi connectivity index (χ4v) is 3.60. The molecule has 120 valence electrons. The van der Waals surface area contributed by atoms with E-state index in [1.807, 2.05) is 29.8 Å². The normalized spacial score (nSPS) is 15.2. The van der Waals surface area contributed by atoms with Gasteiger partial charge < -0.3 is 0 Å². The zero-order valence-corrected chi connectivity index (χ0v) is 14.8. The predicted molar refractivity (Wildman–Crippen MR) is 99.3 cm³/mol. The van der Waals surface area contributed by atoms with Crippen LogP contribution in [0.5, 0.6) is 0 Å². The van der Waals surface area contributed by atoms with Gasteiger partial charge in [-0.15, -0.1) is 11.3 Å². The molecule has 3 rings (SSSR count). The lowest BCUT2D eigenvalue weighted by Crippen LogP contribution is -2.14. The fourth-order valence-electron chi connectivity index (χ4n) is 2.58. The zero-order chi connectivity index (χ0) is 16.2. The van der Waals surface area contributed by atoms with E-state index in [0.29, 0.717) is 6.54 Å². The van der Waals surface area contributed by atoms with Gasteiger partial charge >= 0.3 is 0 Å². The highest BCUT2D eigenvalue weighted by molar-refractivity contribution is 7.07. The van der Waals surface area contributed by atoms with Crippen LogP contribution in [0.2, 0.25) is 5.02 Å². The number of benzene rings is 1. The van der Waals surface area contributed by atoms with Crippen LogP contribution in [0.3, 0.4) is 0 Å². The van der Waals surface area contributed by atoms with E-state index in [-0.39, 0.29) is 0 Å². The van der Waals surface area contributed by atoms with E-state index in [9.17, 15) is 0 Å². The van der Waals surface area contributed by atoms with Crippen LogP contribution < -0.4 is 4.80 Å². The van der Waals surface area contributed by atoms with Crippen molar-refractivity contribution in [3.05, 3.63) is 51.6 Å². The summed E-state index contributed by atoms with van der Waals surface area (Å²) in [6, 6.07) is 7.88. The molecular formula is C18H20ClN3S. The molecule has 1 heterocycles. The summed E-state index contributed by atoms with van der Waals surface area (Å²) in [5.74, 6) is 0. The number of nitrogens with zero attached hydrogens (tertiary/aromatic N) is 3. The molecule has 1 aromatic heterocycles. The van der Waals surface area contributed by atoms with Crippen LogP contribution in [0.25, 0.3) is 11.3 Å². The zero-order valence-electron chi connectivity index (χ0n) is 13.3. The summed E-state index contributed by atoms with van der Waals surface area (Å²) in [7, 11) is 0. The summed E-state index contributed by atoms with van der Waals surface area (Å²) in [5, 5.41) is 7.71. The first-order valence-electron chi connectivity index (χ1n) is 7.81. The molecule has 3 nitrogen and oxygen atoms in total. The predicted octanol–water partition coefficient (Wildman–Crippen LogP) is 5.12. The lowest BCUT2D eigenvalue weighted by Gasteiger charge is -2.05. The van der Waals surface area contributed by atoms with E-state index >= 15 is 0 Å². The van der Waals surface area contributed by atoms with Crippen LogP contribution >= 0.6 is 22.9 Å². The van der Waals surface area contributed by atoms with E-state index in [1.165, 1.54) is 18.6 Å². The molecule has 1 aromatic carbocycles. The minimum absolute atomic E-state index is 0.625. The second-order valence-corrected chi connectivity index (χ2v) is 7.15. The van der Waals surface area contributed by atoms with E-state index < -0.39 is 0 Å². The minimum atomic E-state index is 0.625. The molecule has 1 fully saturated rings. The molecule has 0 aliphatic heterocycles. The Balaban J connectivity index is 2.10. The Hall–Kier alpha value is -1.65. The maximum Gasteiger partial charge on any atom is 0.206 e. The SMILES string of the molecule is C=C(C)CN=c1scc(-c2cccc(Cl)c2)n1N=C1CCCC1. The van der Waals surface area contributed by atoms with Crippen molar-refractivity contribution in [1.82, 2.24) is 4.68 Å². The topological polar surface area (TPSA) is 29.6 Å². The van der Waals surface area contributed by atoms with Gasteiger partial charge in [0.2, 0.25) is 4.80 Å². The lowest BCUT2D eigenvalue weighted by molar-refractivity contribution is 0.824. The number of hydrogen-bond donors (Lipinski definition) is 0. The average Bonchev–Trinajstić information content (AvgIpc) is 3.15. The average molecular weight is 346 g/mol. The van der Waals surface area contributed by atoms with Gasteiger partial charge in [0.25, 0.3) is 0 Å². The molecule has 0 spiro atoms. The Bertz CT molecular complexity index is 806. The molecule has 0 bridgehead atoms.